The van der Waals surface area contributed by atoms with Crippen LogP contribution < -0.4 is 4.90 Å². The third kappa shape index (κ3) is 3.05. The van der Waals surface area contributed by atoms with Crippen LogP contribution in [0.4, 0.5) is 5.82 Å². The fourth-order valence-corrected chi connectivity index (χ4v) is 4.02. The van der Waals surface area contributed by atoms with Gasteiger partial charge in [0.25, 0.3) is 0 Å². The lowest BCUT2D eigenvalue weighted by molar-refractivity contribution is 0.0986. The molecule has 8 nitrogen and oxygen atoms in total. The Morgan fingerprint density at radius 3 is 2.83 bits per heavy atom. The van der Waals surface area contributed by atoms with Crippen molar-refractivity contribution < 1.29 is 4.74 Å². The maximum atomic E-state index is 5.63. The first-order chi connectivity index (χ1) is 14.1. The lowest BCUT2D eigenvalue weighted by atomic mass is 10.0. The summed E-state index contributed by atoms with van der Waals surface area (Å²) < 4.78 is 7.48. The van der Waals surface area contributed by atoms with Crippen molar-refractivity contribution in [1.29, 1.82) is 0 Å². The zero-order valence-corrected chi connectivity index (χ0v) is 16.8. The molecule has 1 unspecified atom stereocenters. The average Bonchev–Trinajstić information content (AvgIpc) is 3.36. The molecule has 0 bridgehead atoms. The van der Waals surface area contributed by atoms with Crippen molar-refractivity contribution in [2.75, 3.05) is 24.7 Å². The van der Waals surface area contributed by atoms with E-state index in [9.17, 15) is 0 Å². The van der Waals surface area contributed by atoms with Gasteiger partial charge in [0.2, 0.25) is 0 Å². The minimum Gasteiger partial charge on any atom is -0.377 e. The molecule has 4 aromatic rings. The molecule has 1 N–H and O–H groups in total. The third-order valence-corrected chi connectivity index (χ3v) is 5.44. The van der Waals surface area contributed by atoms with Gasteiger partial charge in [0.05, 0.1) is 30.6 Å². The summed E-state index contributed by atoms with van der Waals surface area (Å²) in [5.41, 5.74) is 5.70. The molecule has 1 saturated heterocycles. The molecule has 4 aromatic heterocycles. The Labute approximate surface area is 168 Å². The van der Waals surface area contributed by atoms with Crippen molar-refractivity contribution in [2.45, 2.75) is 19.9 Å². The molecule has 29 heavy (non-hydrogen) atoms. The number of aromatic amines is 1. The number of hydrogen-bond donors (Lipinski definition) is 1. The van der Waals surface area contributed by atoms with Crippen LogP contribution in [0.2, 0.25) is 0 Å². The van der Waals surface area contributed by atoms with Gasteiger partial charge in [-0.2, -0.15) is 10.2 Å². The second kappa shape index (κ2) is 6.97. The number of pyridine rings is 2. The Morgan fingerprint density at radius 2 is 2.10 bits per heavy atom. The Balaban J connectivity index is 1.80. The summed E-state index contributed by atoms with van der Waals surface area (Å²) in [6, 6.07) is 6.37. The summed E-state index contributed by atoms with van der Waals surface area (Å²) in [5, 5.41) is 12.7. The summed E-state index contributed by atoms with van der Waals surface area (Å²) in [6.07, 6.45) is 5.62. The number of ether oxygens (including phenoxy) is 1. The highest BCUT2D eigenvalue weighted by Crippen LogP contribution is 2.36. The van der Waals surface area contributed by atoms with E-state index in [-0.39, 0.29) is 6.04 Å². The lowest BCUT2D eigenvalue weighted by Gasteiger charge is -2.34. The number of aryl methyl sites for hydroxylation is 2. The number of rotatable bonds is 3. The third-order valence-electron chi connectivity index (χ3n) is 5.44. The molecule has 8 heteroatoms. The number of aromatic nitrogens is 6. The molecule has 0 radical (unpaired) electrons. The predicted octanol–water partition coefficient (Wildman–Crippen LogP) is 2.95. The summed E-state index contributed by atoms with van der Waals surface area (Å²) in [5.74, 6) is 0.931. The molecule has 0 aromatic carbocycles. The summed E-state index contributed by atoms with van der Waals surface area (Å²) in [7, 11) is 1.95. The van der Waals surface area contributed by atoms with Gasteiger partial charge in [-0.25, -0.2) is 4.98 Å². The monoisotopic (exact) mass is 389 g/mol. The van der Waals surface area contributed by atoms with Crippen LogP contribution in [0.1, 0.15) is 12.6 Å². The van der Waals surface area contributed by atoms with E-state index >= 15 is 0 Å². The molecule has 0 saturated carbocycles. The topological polar surface area (TPSA) is 84.8 Å². The molecule has 5 rings (SSSR count). The second-order valence-corrected chi connectivity index (χ2v) is 7.47. The number of morpholine rings is 1. The van der Waals surface area contributed by atoms with Gasteiger partial charge in [-0.1, -0.05) is 0 Å². The van der Waals surface area contributed by atoms with Gasteiger partial charge < -0.3 is 9.64 Å². The molecular formula is C21H23N7O. The van der Waals surface area contributed by atoms with Crippen LogP contribution in [0, 0.1) is 6.92 Å². The van der Waals surface area contributed by atoms with Gasteiger partial charge in [0.1, 0.15) is 17.0 Å². The van der Waals surface area contributed by atoms with E-state index in [0.717, 1.165) is 51.5 Å². The van der Waals surface area contributed by atoms with Crippen LogP contribution in [-0.2, 0) is 11.8 Å². The smallest absolute Gasteiger partial charge is 0.130 e. The van der Waals surface area contributed by atoms with E-state index in [2.05, 4.69) is 44.4 Å². The van der Waals surface area contributed by atoms with E-state index in [1.807, 2.05) is 37.0 Å². The van der Waals surface area contributed by atoms with Crippen molar-refractivity contribution >= 4 is 16.7 Å². The summed E-state index contributed by atoms with van der Waals surface area (Å²) in [4.78, 5) is 12.0. The predicted molar refractivity (Wildman–Crippen MR) is 112 cm³/mol. The minimum absolute atomic E-state index is 0.254. The molecule has 5 heterocycles. The van der Waals surface area contributed by atoms with Crippen LogP contribution in [0.3, 0.4) is 0 Å². The first-order valence-electron chi connectivity index (χ1n) is 9.76. The van der Waals surface area contributed by atoms with Crippen LogP contribution in [0.5, 0.6) is 0 Å². The first kappa shape index (κ1) is 17.8. The molecule has 1 fully saturated rings. The van der Waals surface area contributed by atoms with Crippen LogP contribution in [0.15, 0.2) is 36.8 Å². The van der Waals surface area contributed by atoms with Crippen LogP contribution in [-0.4, -0.2) is 55.7 Å². The standard InChI is InChI=1S/C21H23N7O/c1-13-12-29-9-8-28(13)19-10-16(17-11-27(3)26-14(17)2)15-4-6-22-21(20(15)24-19)18-5-7-23-25-18/h4-7,10-11,13H,8-9,12H2,1-3H3,(H,23,25). The lowest BCUT2D eigenvalue weighted by Crippen LogP contribution is -2.44. The normalized spacial score (nSPS) is 17.2. The van der Waals surface area contributed by atoms with Gasteiger partial charge in [-0.3, -0.25) is 14.8 Å². The Morgan fingerprint density at radius 1 is 1.21 bits per heavy atom. The van der Waals surface area contributed by atoms with E-state index in [4.69, 9.17) is 9.72 Å². The van der Waals surface area contributed by atoms with Gasteiger partial charge in [-0.15, -0.1) is 0 Å². The molecule has 0 aliphatic carbocycles. The van der Waals surface area contributed by atoms with Gasteiger partial charge >= 0.3 is 0 Å². The Kier molecular flexibility index (Phi) is 4.28. The summed E-state index contributed by atoms with van der Waals surface area (Å²) in [6.45, 7) is 6.41. The van der Waals surface area contributed by atoms with Gasteiger partial charge in [0, 0.05) is 43.1 Å². The number of nitrogens with zero attached hydrogens (tertiary/aromatic N) is 6. The number of H-pyrrole nitrogens is 1. The van der Waals surface area contributed by atoms with Crippen molar-refractivity contribution in [1.82, 2.24) is 29.9 Å². The number of fused-ring (bicyclic) bond motifs is 1. The second-order valence-electron chi connectivity index (χ2n) is 7.47. The van der Waals surface area contributed by atoms with Crippen molar-refractivity contribution in [3.63, 3.8) is 0 Å². The van der Waals surface area contributed by atoms with Gasteiger partial charge in [-0.05, 0) is 37.6 Å². The van der Waals surface area contributed by atoms with E-state index in [1.165, 1.54) is 0 Å². The quantitative estimate of drug-likeness (QED) is 0.580. The summed E-state index contributed by atoms with van der Waals surface area (Å²) >= 11 is 0. The first-order valence-corrected chi connectivity index (χ1v) is 9.76. The SMILES string of the molecule is Cc1nn(C)cc1-c1cc(N2CCOCC2C)nc2c(-c3ccn[nH]3)nccc12. The van der Waals surface area contributed by atoms with Crippen LogP contribution in [0.25, 0.3) is 33.4 Å². The number of anilines is 1. The molecule has 1 aliphatic heterocycles. The highest BCUT2D eigenvalue weighted by molar-refractivity contribution is 6.01. The minimum atomic E-state index is 0.254. The molecular weight excluding hydrogens is 366 g/mol. The maximum absolute atomic E-state index is 5.63. The average molecular weight is 389 g/mol. The number of nitrogens with one attached hydrogen (secondary N) is 1. The Bertz CT molecular complexity index is 1170. The molecule has 0 amide bonds. The Hall–Kier alpha value is -3.26. The molecule has 1 aliphatic rings. The van der Waals surface area contributed by atoms with Crippen LogP contribution >= 0.6 is 0 Å². The zero-order valence-electron chi connectivity index (χ0n) is 16.8. The maximum Gasteiger partial charge on any atom is 0.130 e. The van der Waals surface area contributed by atoms with E-state index in [1.54, 1.807) is 6.20 Å². The molecule has 1 atom stereocenters. The fraction of sp³-hybridized carbons (Fsp3) is 0.333. The fourth-order valence-electron chi connectivity index (χ4n) is 4.02. The van der Waals surface area contributed by atoms with Crippen molar-refractivity contribution in [2.24, 2.45) is 7.05 Å². The zero-order chi connectivity index (χ0) is 20.0. The molecule has 0 spiro atoms. The van der Waals surface area contributed by atoms with Crippen molar-refractivity contribution in [3.8, 4) is 22.5 Å². The highest BCUT2D eigenvalue weighted by Gasteiger charge is 2.23. The van der Waals surface area contributed by atoms with E-state index < -0.39 is 0 Å². The van der Waals surface area contributed by atoms with E-state index in [0.29, 0.717) is 13.2 Å². The van der Waals surface area contributed by atoms with Gasteiger partial charge in [0.15, 0.2) is 0 Å². The number of hydrogen-bond acceptors (Lipinski definition) is 6. The van der Waals surface area contributed by atoms with Crippen molar-refractivity contribution in [3.05, 3.63) is 42.5 Å². The highest BCUT2D eigenvalue weighted by atomic mass is 16.5. The molecule has 148 valence electrons. The largest absolute Gasteiger partial charge is 0.377 e.